The molecule has 2 nitrogen and oxygen atoms in total. The first-order valence-corrected chi connectivity index (χ1v) is 8.36. The lowest BCUT2D eigenvalue weighted by Gasteiger charge is -2.50. The van der Waals surface area contributed by atoms with Crippen LogP contribution >= 0.6 is 0 Å². The van der Waals surface area contributed by atoms with Crippen LogP contribution in [0.5, 0.6) is 0 Å². The highest BCUT2D eigenvalue weighted by atomic mass is 19.1. The molecule has 1 saturated heterocycles. The van der Waals surface area contributed by atoms with Crippen LogP contribution in [-0.2, 0) is 6.54 Å². The molecule has 3 heteroatoms. The van der Waals surface area contributed by atoms with Crippen molar-refractivity contribution in [2.24, 2.45) is 0 Å². The Balaban J connectivity index is 2.16. The third-order valence-corrected chi connectivity index (χ3v) is 5.05. The first-order valence-electron chi connectivity index (χ1n) is 8.36. The van der Waals surface area contributed by atoms with Crippen LogP contribution in [0.2, 0.25) is 0 Å². The summed E-state index contributed by atoms with van der Waals surface area (Å²) in [5.74, 6) is -0.133. The average Bonchev–Trinajstić information content (AvgIpc) is 2.49. The molecule has 0 amide bonds. The van der Waals surface area contributed by atoms with Crippen LogP contribution < -0.4 is 5.32 Å². The van der Waals surface area contributed by atoms with Gasteiger partial charge in [-0.2, -0.15) is 0 Å². The smallest absolute Gasteiger partial charge is 0.123 e. The Morgan fingerprint density at radius 3 is 2.67 bits per heavy atom. The lowest BCUT2D eigenvalue weighted by molar-refractivity contribution is 0.0227. The minimum Gasteiger partial charge on any atom is -0.311 e. The summed E-state index contributed by atoms with van der Waals surface area (Å²) < 4.78 is 13.4. The number of nitrogens with zero attached hydrogens (tertiary/aromatic N) is 1. The maximum Gasteiger partial charge on any atom is 0.123 e. The molecule has 0 spiro atoms. The monoisotopic (exact) mass is 292 g/mol. The van der Waals surface area contributed by atoms with E-state index in [-0.39, 0.29) is 11.4 Å². The zero-order valence-corrected chi connectivity index (χ0v) is 13.7. The maximum atomic E-state index is 13.4. The predicted molar refractivity (Wildman–Crippen MR) is 86.8 cm³/mol. The summed E-state index contributed by atoms with van der Waals surface area (Å²) in [5, 5.41) is 3.72. The van der Waals surface area contributed by atoms with Crippen molar-refractivity contribution in [2.75, 3.05) is 13.1 Å². The van der Waals surface area contributed by atoms with E-state index in [0.29, 0.717) is 6.04 Å². The number of piperazine rings is 1. The molecule has 0 aromatic heterocycles. The van der Waals surface area contributed by atoms with Gasteiger partial charge < -0.3 is 5.32 Å². The lowest BCUT2D eigenvalue weighted by atomic mass is 9.86. The molecule has 0 bridgehead atoms. The minimum atomic E-state index is -0.133. The van der Waals surface area contributed by atoms with Crippen molar-refractivity contribution in [1.82, 2.24) is 10.2 Å². The van der Waals surface area contributed by atoms with Gasteiger partial charge in [-0.1, -0.05) is 39.3 Å². The molecular weight excluding hydrogens is 263 g/mol. The second kappa shape index (κ2) is 7.37. The molecule has 1 aliphatic rings. The quantitative estimate of drug-likeness (QED) is 0.854. The van der Waals surface area contributed by atoms with Crippen LogP contribution in [0.3, 0.4) is 0 Å². The molecule has 1 aliphatic heterocycles. The number of halogens is 1. The summed E-state index contributed by atoms with van der Waals surface area (Å²) in [6, 6.07) is 7.61. The van der Waals surface area contributed by atoms with Gasteiger partial charge in [-0.15, -0.1) is 0 Å². The van der Waals surface area contributed by atoms with Crippen LogP contribution in [0.1, 0.15) is 52.0 Å². The van der Waals surface area contributed by atoms with Gasteiger partial charge in [-0.25, -0.2) is 4.39 Å². The van der Waals surface area contributed by atoms with Crippen molar-refractivity contribution in [2.45, 2.75) is 64.6 Å². The topological polar surface area (TPSA) is 15.3 Å². The highest BCUT2D eigenvalue weighted by molar-refractivity contribution is 5.17. The molecule has 21 heavy (non-hydrogen) atoms. The molecule has 2 rings (SSSR count). The zero-order chi connectivity index (χ0) is 15.3. The molecule has 1 aromatic rings. The van der Waals surface area contributed by atoms with Crippen LogP contribution in [0, 0.1) is 5.82 Å². The van der Waals surface area contributed by atoms with Crippen molar-refractivity contribution in [3.63, 3.8) is 0 Å². The molecule has 1 atom stereocenters. The Hall–Kier alpha value is -0.930. The van der Waals surface area contributed by atoms with Gasteiger partial charge in [-0.05, 0) is 37.0 Å². The molecule has 118 valence electrons. The summed E-state index contributed by atoms with van der Waals surface area (Å²) >= 11 is 0. The zero-order valence-electron chi connectivity index (χ0n) is 13.7. The summed E-state index contributed by atoms with van der Waals surface area (Å²) in [7, 11) is 0. The first kappa shape index (κ1) is 16.4. The number of benzene rings is 1. The number of hydrogen-bond acceptors (Lipinski definition) is 2. The van der Waals surface area contributed by atoms with E-state index in [1.165, 1.54) is 18.9 Å². The standard InChI is InChI=1S/C18H29FN2/c1-4-8-17-13-21(18(5-2,6-3)14-20-17)12-15-9-7-10-16(19)11-15/h7,9-11,17,20H,4-6,8,12-14H2,1-3H3. The maximum absolute atomic E-state index is 13.4. The fourth-order valence-corrected chi connectivity index (χ4v) is 3.55. The largest absolute Gasteiger partial charge is 0.311 e. The molecule has 0 saturated carbocycles. The molecule has 1 heterocycles. The third-order valence-electron chi connectivity index (χ3n) is 5.05. The Labute approximate surface area is 128 Å². The summed E-state index contributed by atoms with van der Waals surface area (Å²) in [4.78, 5) is 2.58. The van der Waals surface area contributed by atoms with Gasteiger partial charge in [0.15, 0.2) is 0 Å². The van der Waals surface area contributed by atoms with Crippen LogP contribution in [-0.4, -0.2) is 29.6 Å². The average molecular weight is 292 g/mol. The van der Waals surface area contributed by atoms with E-state index in [1.54, 1.807) is 6.07 Å². The van der Waals surface area contributed by atoms with Gasteiger partial charge in [0.25, 0.3) is 0 Å². The van der Waals surface area contributed by atoms with Gasteiger partial charge in [0.05, 0.1) is 0 Å². The van der Waals surface area contributed by atoms with E-state index in [9.17, 15) is 4.39 Å². The third kappa shape index (κ3) is 3.83. The van der Waals surface area contributed by atoms with Gasteiger partial charge >= 0.3 is 0 Å². The molecule has 1 fully saturated rings. The number of nitrogens with one attached hydrogen (secondary N) is 1. The summed E-state index contributed by atoms with van der Waals surface area (Å²) in [6.07, 6.45) is 4.68. The fourth-order valence-electron chi connectivity index (χ4n) is 3.55. The van der Waals surface area contributed by atoms with Crippen molar-refractivity contribution in [3.8, 4) is 0 Å². The van der Waals surface area contributed by atoms with E-state index in [4.69, 9.17) is 0 Å². The summed E-state index contributed by atoms with van der Waals surface area (Å²) in [5.41, 5.74) is 1.29. The van der Waals surface area contributed by atoms with Gasteiger partial charge in [0.2, 0.25) is 0 Å². The highest BCUT2D eigenvalue weighted by Gasteiger charge is 2.38. The van der Waals surface area contributed by atoms with E-state index >= 15 is 0 Å². The Kier molecular flexibility index (Phi) is 5.77. The molecule has 1 aromatic carbocycles. The van der Waals surface area contributed by atoms with Crippen molar-refractivity contribution in [1.29, 1.82) is 0 Å². The van der Waals surface area contributed by atoms with Gasteiger partial charge in [0, 0.05) is 31.2 Å². The Morgan fingerprint density at radius 2 is 2.05 bits per heavy atom. The van der Waals surface area contributed by atoms with Crippen molar-refractivity contribution >= 4 is 0 Å². The van der Waals surface area contributed by atoms with Crippen molar-refractivity contribution in [3.05, 3.63) is 35.6 Å². The molecule has 0 aliphatic carbocycles. The number of hydrogen-bond donors (Lipinski definition) is 1. The molecular formula is C18H29FN2. The van der Waals surface area contributed by atoms with E-state index < -0.39 is 0 Å². The predicted octanol–water partition coefficient (Wildman–Crippen LogP) is 3.96. The summed E-state index contributed by atoms with van der Waals surface area (Å²) in [6.45, 7) is 9.72. The van der Waals surface area contributed by atoms with E-state index in [2.05, 4.69) is 31.0 Å². The second-order valence-corrected chi connectivity index (χ2v) is 6.31. The van der Waals surface area contributed by atoms with Gasteiger partial charge in [-0.3, -0.25) is 4.90 Å². The Bertz CT molecular complexity index is 443. The van der Waals surface area contributed by atoms with Gasteiger partial charge in [0.1, 0.15) is 5.82 Å². The molecule has 1 unspecified atom stereocenters. The van der Waals surface area contributed by atoms with E-state index in [1.807, 2.05) is 12.1 Å². The lowest BCUT2D eigenvalue weighted by Crippen LogP contribution is -2.63. The fraction of sp³-hybridized carbons (Fsp3) is 0.667. The van der Waals surface area contributed by atoms with Crippen LogP contribution in [0.25, 0.3) is 0 Å². The second-order valence-electron chi connectivity index (χ2n) is 6.31. The molecule has 1 N–H and O–H groups in total. The SMILES string of the molecule is CCCC1CN(Cc2cccc(F)c2)C(CC)(CC)CN1. The first-order chi connectivity index (χ1) is 10.1. The highest BCUT2D eigenvalue weighted by Crippen LogP contribution is 2.29. The normalized spacial score (nSPS) is 22.4. The van der Waals surface area contributed by atoms with Crippen LogP contribution in [0.15, 0.2) is 24.3 Å². The number of rotatable bonds is 6. The van der Waals surface area contributed by atoms with Crippen LogP contribution in [0.4, 0.5) is 4.39 Å². The van der Waals surface area contributed by atoms with Crippen molar-refractivity contribution < 1.29 is 4.39 Å². The Morgan fingerprint density at radius 1 is 1.29 bits per heavy atom. The molecule has 0 radical (unpaired) electrons. The minimum absolute atomic E-state index is 0.133. The van der Waals surface area contributed by atoms with E-state index in [0.717, 1.165) is 38.0 Å².